The van der Waals surface area contributed by atoms with E-state index in [0.717, 1.165) is 24.5 Å². The summed E-state index contributed by atoms with van der Waals surface area (Å²) in [4.78, 5) is 10.4. The van der Waals surface area contributed by atoms with Crippen LogP contribution in [-0.4, -0.2) is 35.2 Å². The molecule has 0 aliphatic carbocycles. The van der Waals surface area contributed by atoms with E-state index in [1.807, 2.05) is 11.8 Å². The first-order valence-corrected chi connectivity index (χ1v) is 4.50. The molecule has 1 fully saturated rings. The molecule has 0 amide bonds. The minimum Gasteiger partial charge on any atom is -0.480 e. The second kappa shape index (κ2) is 3.83. The number of hydrogen-bond acceptors (Lipinski definition) is 3. The van der Waals surface area contributed by atoms with Gasteiger partial charge in [0.15, 0.2) is 0 Å². The highest BCUT2D eigenvalue weighted by atomic mass is 32.2. The summed E-state index contributed by atoms with van der Waals surface area (Å²) in [6.45, 7) is 0.821. The zero-order chi connectivity index (χ0) is 7.40. The van der Waals surface area contributed by atoms with Gasteiger partial charge in [-0.05, 0) is 12.2 Å². The molecule has 1 aliphatic heterocycles. The second-order valence-corrected chi connectivity index (χ2v) is 3.47. The quantitative estimate of drug-likeness (QED) is 0.575. The lowest BCUT2D eigenvalue weighted by Crippen LogP contribution is -2.36. The molecule has 0 saturated carbocycles. The Bertz CT molecular complexity index is 121. The molecule has 4 heteroatoms. The van der Waals surface area contributed by atoms with Crippen molar-refractivity contribution in [2.24, 2.45) is 0 Å². The van der Waals surface area contributed by atoms with Gasteiger partial charge in [-0.25, -0.2) is 0 Å². The molecular formula is C6H11NO2S. The summed E-state index contributed by atoms with van der Waals surface area (Å²) < 4.78 is 0. The Morgan fingerprint density at radius 2 is 2.40 bits per heavy atom. The maximum absolute atomic E-state index is 10.4. The molecule has 1 aliphatic rings. The fourth-order valence-corrected chi connectivity index (χ4v) is 1.79. The van der Waals surface area contributed by atoms with E-state index < -0.39 is 5.97 Å². The highest BCUT2D eigenvalue weighted by Gasteiger charge is 2.17. The van der Waals surface area contributed by atoms with Crippen molar-refractivity contribution >= 4 is 17.7 Å². The van der Waals surface area contributed by atoms with Gasteiger partial charge in [0.1, 0.15) is 6.04 Å². The number of hydrogen-bond donors (Lipinski definition) is 2. The van der Waals surface area contributed by atoms with Crippen LogP contribution in [-0.2, 0) is 4.79 Å². The molecule has 10 heavy (non-hydrogen) atoms. The van der Waals surface area contributed by atoms with Crippen LogP contribution >= 0.6 is 11.8 Å². The van der Waals surface area contributed by atoms with Crippen LogP contribution in [0.4, 0.5) is 0 Å². The lowest BCUT2D eigenvalue weighted by Gasteiger charge is -2.07. The molecular weight excluding hydrogens is 150 g/mol. The molecule has 0 bridgehead atoms. The van der Waals surface area contributed by atoms with Crippen molar-refractivity contribution in [2.75, 3.05) is 18.1 Å². The minimum absolute atomic E-state index is 0.310. The van der Waals surface area contributed by atoms with Crippen molar-refractivity contribution in [3.63, 3.8) is 0 Å². The third-order valence-corrected chi connectivity index (χ3v) is 2.50. The predicted octanol–water partition coefficient (Wildman–Crippen LogP) is 0.166. The minimum atomic E-state index is -0.720. The van der Waals surface area contributed by atoms with Crippen LogP contribution < -0.4 is 5.32 Å². The Labute approximate surface area is 64.2 Å². The smallest absolute Gasteiger partial charge is 0.320 e. The fourth-order valence-electron chi connectivity index (χ4n) is 0.921. The van der Waals surface area contributed by atoms with E-state index in [2.05, 4.69) is 5.32 Å². The van der Waals surface area contributed by atoms with E-state index in [9.17, 15) is 4.79 Å². The first kappa shape index (κ1) is 7.88. The van der Waals surface area contributed by atoms with E-state index in [0.29, 0.717) is 0 Å². The van der Waals surface area contributed by atoms with Crippen molar-refractivity contribution < 1.29 is 9.90 Å². The number of rotatable bonds is 1. The van der Waals surface area contributed by atoms with Gasteiger partial charge in [-0.1, -0.05) is 0 Å². The number of nitrogens with one attached hydrogen (secondary N) is 1. The van der Waals surface area contributed by atoms with Gasteiger partial charge in [0.2, 0.25) is 0 Å². The second-order valence-electron chi connectivity index (χ2n) is 2.25. The SMILES string of the molecule is O=C(O)C1CCSCCN1. The van der Waals surface area contributed by atoms with Gasteiger partial charge in [-0.15, -0.1) is 0 Å². The van der Waals surface area contributed by atoms with Gasteiger partial charge in [-0.2, -0.15) is 11.8 Å². The molecule has 0 aromatic carbocycles. The molecule has 1 rings (SSSR count). The topological polar surface area (TPSA) is 49.3 Å². The predicted molar refractivity (Wildman–Crippen MR) is 41.4 cm³/mol. The Morgan fingerprint density at radius 3 is 3.10 bits per heavy atom. The van der Waals surface area contributed by atoms with Crippen molar-refractivity contribution in [3.05, 3.63) is 0 Å². The molecule has 1 heterocycles. The third kappa shape index (κ3) is 2.19. The fraction of sp³-hybridized carbons (Fsp3) is 0.833. The average Bonchev–Trinajstić information content (AvgIpc) is 2.12. The molecule has 3 nitrogen and oxygen atoms in total. The number of aliphatic carboxylic acids is 1. The number of carboxylic acids is 1. The van der Waals surface area contributed by atoms with Crippen molar-refractivity contribution in [1.29, 1.82) is 0 Å². The number of thioether (sulfide) groups is 1. The van der Waals surface area contributed by atoms with Gasteiger partial charge < -0.3 is 10.4 Å². The highest BCUT2D eigenvalue weighted by Crippen LogP contribution is 2.08. The van der Waals surface area contributed by atoms with Crippen LogP contribution in [0.2, 0.25) is 0 Å². The van der Waals surface area contributed by atoms with Crippen molar-refractivity contribution in [1.82, 2.24) is 5.32 Å². The van der Waals surface area contributed by atoms with Crippen LogP contribution in [0.1, 0.15) is 6.42 Å². The van der Waals surface area contributed by atoms with Crippen LogP contribution in [0.25, 0.3) is 0 Å². The lowest BCUT2D eigenvalue weighted by molar-refractivity contribution is -0.139. The standard InChI is InChI=1S/C6H11NO2S/c8-6(9)5-1-3-10-4-2-7-5/h5,7H,1-4H2,(H,8,9). The highest BCUT2D eigenvalue weighted by molar-refractivity contribution is 7.99. The van der Waals surface area contributed by atoms with E-state index in [4.69, 9.17) is 5.11 Å². The molecule has 1 saturated heterocycles. The Balaban J connectivity index is 2.35. The third-order valence-electron chi connectivity index (χ3n) is 1.49. The van der Waals surface area contributed by atoms with Gasteiger partial charge >= 0.3 is 5.97 Å². The van der Waals surface area contributed by atoms with Crippen molar-refractivity contribution in [2.45, 2.75) is 12.5 Å². The summed E-state index contributed by atoms with van der Waals surface area (Å²) in [5.41, 5.74) is 0. The summed E-state index contributed by atoms with van der Waals surface area (Å²) in [6, 6.07) is -0.310. The molecule has 0 aromatic rings. The summed E-state index contributed by atoms with van der Waals surface area (Å²) >= 11 is 1.81. The molecule has 58 valence electrons. The maximum atomic E-state index is 10.4. The van der Waals surface area contributed by atoms with Crippen LogP contribution in [0.5, 0.6) is 0 Å². The number of carboxylic acid groups (broad SMARTS) is 1. The maximum Gasteiger partial charge on any atom is 0.320 e. The van der Waals surface area contributed by atoms with Crippen LogP contribution in [0.3, 0.4) is 0 Å². The molecule has 2 N–H and O–H groups in total. The summed E-state index contributed by atoms with van der Waals surface area (Å²) in [6.07, 6.45) is 0.750. The number of carbonyl (C=O) groups is 1. The summed E-state index contributed by atoms with van der Waals surface area (Å²) in [5.74, 6) is 1.27. The van der Waals surface area contributed by atoms with Crippen LogP contribution in [0, 0.1) is 0 Å². The average molecular weight is 161 g/mol. The first-order chi connectivity index (χ1) is 4.80. The van der Waals surface area contributed by atoms with Gasteiger partial charge in [0.05, 0.1) is 0 Å². The van der Waals surface area contributed by atoms with E-state index in [-0.39, 0.29) is 6.04 Å². The lowest BCUT2D eigenvalue weighted by atomic mass is 10.2. The summed E-state index contributed by atoms with van der Waals surface area (Å²) in [7, 11) is 0. The zero-order valence-electron chi connectivity index (χ0n) is 5.67. The van der Waals surface area contributed by atoms with Gasteiger partial charge in [0, 0.05) is 12.3 Å². The molecule has 0 radical (unpaired) electrons. The normalized spacial score (nSPS) is 27.4. The molecule has 0 spiro atoms. The Hall–Kier alpha value is -0.220. The molecule has 1 atom stereocenters. The Morgan fingerprint density at radius 1 is 1.60 bits per heavy atom. The molecule has 0 aromatic heterocycles. The summed E-state index contributed by atoms with van der Waals surface area (Å²) in [5, 5.41) is 11.6. The van der Waals surface area contributed by atoms with E-state index in [1.165, 1.54) is 0 Å². The van der Waals surface area contributed by atoms with E-state index in [1.54, 1.807) is 0 Å². The van der Waals surface area contributed by atoms with Gasteiger partial charge in [0.25, 0.3) is 0 Å². The zero-order valence-corrected chi connectivity index (χ0v) is 6.49. The van der Waals surface area contributed by atoms with Crippen LogP contribution in [0.15, 0.2) is 0 Å². The Kier molecular flexibility index (Phi) is 3.02. The first-order valence-electron chi connectivity index (χ1n) is 3.34. The largest absolute Gasteiger partial charge is 0.480 e. The monoisotopic (exact) mass is 161 g/mol. The van der Waals surface area contributed by atoms with Gasteiger partial charge in [-0.3, -0.25) is 4.79 Å². The molecule has 1 unspecified atom stereocenters. The van der Waals surface area contributed by atoms with E-state index >= 15 is 0 Å². The van der Waals surface area contributed by atoms with Crippen molar-refractivity contribution in [3.8, 4) is 0 Å².